The van der Waals surface area contributed by atoms with Gasteiger partial charge in [0.15, 0.2) is 0 Å². The number of hydrogen-bond donors (Lipinski definition) is 3. The van der Waals surface area contributed by atoms with Crippen LogP contribution in [0.1, 0.15) is 52.4 Å². The summed E-state index contributed by atoms with van der Waals surface area (Å²) in [6, 6.07) is 6.86. The van der Waals surface area contributed by atoms with E-state index in [0.717, 1.165) is 42.1 Å². The summed E-state index contributed by atoms with van der Waals surface area (Å²) in [7, 11) is 0. The molecule has 1 aromatic heterocycles. The van der Waals surface area contributed by atoms with Crippen LogP contribution >= 0.6 is 0 Å². The van der Waals surface area contributed by atoms with Gasteiger partial charge in [-0.25, -0.2) is 4.79 Å². The van der Waals surface area contributed by atoms with Gasteiger partial charge in [0.1, 0.15) is 6.04 Å². The van der Waals surface area contributed by atoms with Crippen LogP contribution in [0.3, 0.4) is 0 Å². The van der Waals surface area contributed by atoms with Crippen molar-refractivity contribution >= 4 is 22.8 Å². The number of rotatable bonds is 10. The van der Waals surface area contributed by atoms with Gasteiger partial charge in [-0.3, -0.25) is 4.79 Å². The summed E-state index contributed by atoms with van der Waals surface area (Å²) in [5.74, 6) is -1.18. The van der Waals surface area contributed by atoms with Crippen LogP contribution in [0.4, 0.5) is 0 Å². The van der Waals surface area contributed by atoms with E-state index in [-0.39, 0.29) is 43.3 Å². The SMILES string of the molecule is CCCCCCCC(=O)NC(Cc1c[nH]c2ccccc12)C(=O)O.[H-].[Na+]. The molecule has 1 unspecified atom stereocenters. The van der Waals surface area contributed by atoms with Crippen LogP contribution in [-0.4, -0.2) is 28.0 Å². The van der Waals surface area contributed by atoms with Gasteiger partial charge >= 0.3 is 35.5 Å². The number of carboxylic acid groups (broad SMARTS) is 1. The number of hydrogen-bond acceptors (Lipinski definition) is 2. The van der Waals surface area contributed by atoms with E-state index in [1.54, 1.807) is 0 Å². The molecule has 0 fully saturated rings. The summed E-state index contributed by atoms with van der Waals surface area (Å²) in [5, 5.41) is 13.1. The Morgan fingerprint density at radius 3 is 2.64 bits per heavy atom. The summed E-state index contributed by atoms with van der Waals surface area (Å²) in [4.78, 5) is 26.6. The number of carbonyl (C=O) groups is 2. The zero-order valence-corrected chi connectivity index (χ0v) is 17.2. The van der Waals surface area contributed by atoms with Gasteiger partial charge in [0.2, 0.25) is 5.91 Å². The van der Waals surface area contributed by atoms with Crippen LogP contribution in [0.25, 0.3) is 10.9 Å². The fourth-order valence-corrected chi connectivity index (χ4v) is 2.88. The molecule has 132 valence electrons. The molecule has 1 atom stereocenters. The van der Waals surface area contributed by atoms with Crippen molar-refractivity contribution in [3.8, 4) is 0 Å². The first-order valence-electron chi connectivity index (χ1n) is 8.69. The van der Waals surface area contributed by atoms with Crippen molar-refractivity contribution in [2.75, 3.05) is 0 Å². The van der Waals surface area contributed by atoms with Gasteiger partial charge in [0, 0.05) is 29.9 Å². The number of benzene rings is 1. The molecule has 0 radical (unpaired) electrons. The normalized spacial score (nSPS) is 11.7. The number of aromatic amines is 1. The Balaban J connectivity index is 0.00000312. The molecule has 1 amide bonds. The molecule has 0 saturated heterocycles. The molecule has 0 saturated carbocycles. The van der Waals surface area contributed by atoms with Crippen molar-refractivity contribution in [3.63, 3.8) is 0 Å². The largest absolute Gasteiger partial charge is 1.00 e. The maximum Gasteiger partial charge on any atom is 1.00 e. The number of carboxylic acids is 1. The van der Waals surface area contributed by atoms with Crippen LogP contribution in [0.15, 0.2) is 30.5 Å². The average Bonchev–Trinajstić information content (AvgIpc) is 2.97. The number of unbranched alkanes of at least 4 members (excludes halogenated alkanes) is 4. The third-order valence-corrected chi connectivity index (χ3v) is 4.24. The zero-order valence-electron chi connectivity index (χ0n) is 16.2. The monoisotopic (exact) mass is 354 g/mol. The number of amides is 1. The van der Waals surface area contributed by atoms with Crippen LogP contribution in [0.5, 0.6) is 0 Å². The van der Waals surface area contributed by atoms with E-state index in [9.17, 15) is 14.7 Å². The summed E-state index contributed by atoms with van der Waals surface area (Å²) in [5.41, 5.74) is 1.88. The fourth-order valence-electron chi connectivity index (χ4n) is 2.88. The van der Waals surface area contributed by atoms with E-state index in [4.69, 9.17) is 0 Å². The van der Waals surface area contributed by atoms with Gasteiger partial charge in [-0.1, -0.05) is 50.8 Å². The second kappa shape index (κ2) is 11.3. The van der Waals surface area contributed by atoms with Gasteiger partial charge in [0.05, 0.1) is 0 Å². The molecule has 0 bridgehead atoms. The number of carbonyl (C=O) groups excluding carboxylic acids is 1. The number of aromatic nitrogens is 1. The van der Waals surface area contributed by atoms with Crippen LogP contribution in [0.2, 0.25) is 0 Å². The molecule has 1 heterocycles. The van der Waals surface area contributed by atoms with E-state index in [0.29, 0.717) is 6.42 Å². The van der Waals surface area contributed by atoms with E-state index >= 15 is 0 Å². The Labute approximate surface area is 172 Å². The maximum atomic E-state index is 12.0. The number of H-pyrrole nitrogens is 1. The second-order valence-corrected chi connectivity index (χ2v) is 6.19. The summed E-state index contributed by atoms with van der Waals surface area (Å²) >= 11 is 0. The smallest absolute Gasteiger partial charge is 1.00 e. The Kier molecular flexibility index (Phi) is 9.86. The Morgan fingerprint density at radius 1 is 1.20 bits per heavy atom. The Hall–Kier alpha value is -1.30. The summed E-state index contributed by atoms with van der Waals surface area (Å²) < 4.78 is 0. The predicted molar refractivity (Wildman–Crippen MR) is 96.1 cm³/mol. The molecule has 3 N–H and O–H groups in total. The van der Waals surface area contributed by atoms with Crippen LogP contribution in [-0.2, 0) is 16.0 Å². The van der Waals surface area contributed by atoms with E-state index in [1.165, 1.54) is 6.42 Å². The van der Waals surface area contributed by atoms with Gasteiger partial charge in [0.25, 0.3) is 0 Å². The molecule has 1 aromatic carbocycles. The Morgan fingerprint density at radius 2 is 1.92 bits per heavy atom. The maximum absolute atomic E-state index is 12.0. The van der Waals surface area contributed by atoms with Crippen molar-refractivity contribution in [3.05, 3.63) is 36.0 Å². The van der Waals surface area contributed by atoms with Crippen molar-refractivity contribution in [2.45, 2.75) is 57.9 Å². The third-order valence-electron chi connectivity index (χ3n) is 4.24. The molecular weight excluding hydrogens is 327 g/mol. The van der Waals surface area contributed by atoms with E-state index in [1.807, 2.05) is 30.5 Å². The van der Waals surface area contributed by atoms with Crippen LogP contribution < -0.4 is 34.9 Å². The van der Waals surface area contributed by atoms with Gasteiger partial charge in [-0.2, -0.15) is 0 Å². The number of para-hydroxylation sites is 1. The molecular formula is C19H27N2NaO3. The molecule has 2 aromatic rings. The molecule has 6 heteroatoms. The minimum absolute atomic E-state index is 0. The van der Waals surface area contributed by atoms with Crippen molar-refractivity contribution in [1.82, 2.24) is 10.3 Å². The fraction of sp³-hybridized carbons (Fsp3) is 0.474. The minimum atomic E-state index is -1.00. The average molecular weight is 354 g/mol. The molecule has 0 aliphatic carbocycles. The number of fused-ring (bicyclic) bond motifs is 1. The third kappa shape index (κ3) is 6.84. The van der Waals surface area contributed by atoms with Gasteiger partial charge in [-0.15, -0.1) is 0 Å². The first kappa shape index (κ1) is 21.7. The Bertz CT molecular complexity index is 690. The molecule has 0 aliphatic rings. The van der Waals surface area contributed by atoms with E-state index in [2.05, 4.69) is 17.2 Å². The predicted octanol–water partition coefficient (Wildman–Crippen LogP) is 0.757. The molecule has 5 nitrogen and oxygen atoms in total. The molecule has 25 heavy (non-hydrogen) atoms. The second-order valence-electron chi connectivity index (χ2n) is 6.19. The quantitative estimate of drug-likeness (QED) is 0.435. The topological polar surface area (TPSA) is 82.2 Å². The molecule has 0 spiro atoms. The first-order chi connectivity index (χ1) is 11.6. The standard InChI is InChI=1S/C19H26N2O3.Na.H/c1-2-3-4-5-6-11-18(22)21-17(19(23)24)12-14-13-20-16-10-8-7-9-15(14)16;;/h7-10,13,17,20H,2-6,11-12H2,1H3,(H,21,22)(H,23,24);;/q;+1;-1. The van der Waals surface area contributed by atoms with E-state index < -0.39 is 12.0 Å². The molecule has 0 aliphatic heterocycles. The number of aliphatic carboxylic acids is 1. The summed E-state index contributed by atoms with van der Waals surface area (Å²) in [6.07, 6.45) is 7.78. The first-order valence-corrected chi connectivity index (χ1v) is 8.69. The summed E-state index contributed by atoms with van der Waals surface area (Å²) in [6.45, 7) is 2.15. The minimum Gasteiger partial charge on any atom is -1.00 e. The van der Waals surface area contributed by atoms with Gasteiger partial charge in [-0.05, 0) is 18.1 Å². The number of nitrogens with one attached hydrogen (secondary N) is 2. The van der Waals surface area contributed by atoms with Gasteiger partial charge < -0.3 is 16.8 Å². The van der Waals surface area contributed by atoms with Crippen molar-refractivity contribution in [1.29, 1.82) is 0 Å². The molecule has 2 rings (SSSR count). The zero-order chi connectivity index (χ0) is 17.4. The van der Waals surface area contributed by atoms with Crippen molar-refractivity contribution < 1.29 is 45.7 Å². The van der Waals surface area contributed by atoms with Crippen LogP contribution in [0, 0.1) is 0 Å². The van der Waals surface area contributed by atoms with Crippen molar-refractivity contribution in [2.24, 2.45) is 0 Å².